The molecule has 220 valence electrons. The molecule has 0 heterocycles. The first-order valence-electron chi connectivity index (χ1n) is 15.4. The number of ether oxygens (including phenoxy) is 2. The summed E-state index contributed by atoms with van der Waals surface area (Å²) in [6, 6.07) is 0. The van der Waals surface area contributed by atoms with Crippen molar-refractivity contribution in [2.75, 3.05) is 19.8 Å². The molecular formula is C32H64O4Si. The van der Waals surface area contributed by atoms with Gasteiger partial charge in [-0.1, -0.05) is 117 Å². The lowest BCUT2D eigenvalue weighted by molar-refractivity contribution is -0.156. The highest BCUT2D eigenvalue weighted by molar-refractivity contribution is 6.74. The van der Waals surface area contributed by atoms with E-state index in [-0.39, 0.29) is 23.7 Å². The van der Waals surface area contributed by atoms with Crippen LogP contribution in [0.1, 0.15) is 138 Å². The molecule has 0 rings (SSSR count). The van der Waals surface area contributed by atoms with E-state index >= 15 is 0 Å². The van der Waals surface area contributed by atoms with Gasteiger partial charge in [0.05, 0.1) is 18.6 Å². The van der Waals surface area contributed by atoms with Gasteiger partial charge in [-0.25, -0.2) is 0 Å². The Morgan fingerprint density at radius 1 is 0.730 bits per heavy atom. The van der Waals surface area contributed by atoms with Gasteiger partial charge in [-0.15, -0.1) is 0 Å². The van der Waals surface area contributed by atoms with Crippen molar-refractivity contribution in [1.29, 1.82) is 0 Å². The van der Waals surface area contributed by atoms with Gasteiger partial charge in [0.15, 0.2) is 8.32 Å². The van der Waals surface area contributed by atoms with E-state index in [2.05, 4.69) is 52.9 Å². The van der Waals surface area contributed by atoms with E-state index in [1.807, 2.05) is 20.8 Å². The normalized spacial score (nSPS) is 13.9. The molecule has 0 aliphatic rings. The van der Waals surface area contributed by atoms with Gasteiger partial charge in [0, 0.05) is 0 Å². The van der Waals surface area contributed by atoms with Crippen LogP contribution in [0.25, 0.3) is 0 Å². The number of carbonyl (C=O) groups is 1. The third kappa shape index (κ3) is 20.0. The second-order valence-electron chi connectivity index (χ2n) is 13.4. The zero-order chi connectivity index (χ0) is 28.2. The molecule has 0 bridgehead atoms. The van der Waals surface area contributed by atoms with Crippen LogP contribution in [0.15, 0.2) is 12.2 Å². The molecule has 0 unspecified atom stereocenters. The Kier molecular flexibility index (Phi) is 19.9. The molecule has 1 atom stereocenters. The zero-order valence-corrected chi connectivity index (χ0v) is 27.4. The Balaban J connectivity index is 4.03. The standard InChI is InChI=1S/C32H64O4Si/c1-10-11-12-13-14-15-16-17-18-19-20-21-22-23-24-25-26-34-27-29(28-35-30(33)31(2,3)4)36-37(8,9)32(5,6)7/h24-25,29H,10-23,26-28H2,1-9H3/b25-24+/t29-/m0/s1. The fourth-order valence-electron chi connectivity index (χ4n) is 3.83. The number of allylic oxidation sites excluding steroid dienone is 1. The number of carbonyl (C=O) groups excluding carboxylic acids is 1. The van der Waals surface area contributed by atoms with Gasteiger partial charge in [-0.2, -0.15) is 0 Å². The van der Waals surface area contributed by atoms with Gasteiger partial charge < -0.3 is 13.9 Å². The summed E-state index contributed by atoms with van der Waals surface area (Å²) < 4.78 is 18.0. The average Bonchev–Trinajstić information content (AvgIpc) is 2.79. The molecule has 0 aromatic heterocycles. The molecule has 0 saturated heterocycles. The van der Waals surface area contributed by atoms with Gasteiger partial charge in [0.1, 0.15) is 12.7 Å². The minimum absolute atomic E-state index is 0.0904. The smallest absolute Gasteiger partial charge is 0.311 e. The summed E-state index contributed by atoms with van der Waals surface area (Å²) >= 11 is 0. The molecule has 5 heteroatoms. The second kappa shape index (κ2) is 20.3. The minimum Gasteiger partial charge on any atom is -0.462 e. The molecular weight excluding hydrogens is 476 g/mol. The van der Waals surface area contributed by atoms with Crippen LogP contribution in [0.5, 0.6) is 0 Å². The maximum atomic E-state index is 12.3. The van der Waals surface area contributed by atoms with Gasteiger partial charge in [-0.3, -0.25) is 4.79 Å². The molecule has 0 N–H and O–H groups in total. The van der Waals surface area contributed by atoms with Crippen molar-refractivity contribution < 1.29 is 18.7 Å². The lowest BCUT2D eigenvalue weighted by Crippen LogP contribution is -2.46. The van der Waals surface area contributed by atoms with Crippen LogP contribution in [0, 0.1) is 5.41 Å². The molecule has 0 fully saturated rings. The first-order valence-corrected chi connectivity index (χ1v) is 18.3. The van der Waals surface area contributed by atoms with E-state index in [1.165, 1.54) is 83.5 Å². The fraction of sp³-hybridized carbons (Fsp3) is 0.906. The van der Waals surface area contributed by atoms with E-state index in [4.69, 9.17) is 13.9 Å². The fourth-order valence-corrected chi connectivity index (χ4v) is 5.15. The van der Waals surface area contributed by atoms with Crippen LogP contribution >= 0.6 is 0 Å². The summed E-state index contributed by atoms with van der Waals surface area (Å²) in [6.07, 6.45) is 23.3. The number of unbranched alkanes of at least 4 members (excludes halogenated alkanes) is 13. The van der Waals surface area contributed by atoms with Crippen molar-refractivity contribution in [2.24, 2.45) is 5.41 Å². The summed E-state index contributed by atoms with van der Waals surface area (Å²) in [5.41, 5.74) is -0.515. The monoisotopic (exact) mass is 540 g/mol. The Morgan fingerprint density at radius 3 is 1.68 bits per heavy atom. The second-order valence-corrected chi connectivity index (χ2v) is 18.1. The Bertz CT molecular complexity index is 587. The molecule has 37 heavy (non-hydrogen) atoms. The van der Waals surface area contributed by atoms with Crippen molar-refractivity contribution in [2.45, 2.75) is 163 Å². The predicted octanol–water partition coefficient (Wildman–Crippen LogP) is 10.0. The van der Waals surface area contributed by atoms with Crippen molar-refractivity contribution in [3.63, 3.8) is 0 Å². The quantitative estimate of drug-likeness (QED) is 0.0593. The van der Waals surface area contributed by atoms with E-state index in [1.54, 1.807) is 0 Å². The molecule has 4 nitrogen and oxygen atoms in total. The third-order valence-corrected chi connectivity index (χ3v) is 12.0. The van der Waals surface area contributed by atoms with Crippen LogP contribution in [0.4, 0.5) is 0 Å². The van der Waals surface area contributed by atoms with Crippen molar-refractivity contribution in [3.8, 4) is 0 Å². The molecule has 0 aromatic carbocycles. The topological polar surface area (TPSA) is 44.8 Å². The third-order valence-electron chi connectivity index (χ3n) is 7.44. The van der Waals surface area contributed by atoms with E-state index in [0.29, 0.717) is 13.2 Å². The highest BCUT2D eigenvalue weighted by atomic mass is 28.4. The number of hydrogen-bond acceptors (Lipinski definition) is 4. The van der Waals surface area contributed by atoms with E-state index in [9.17, 15) is 4.79 Å². The number of esters is 1. The van der Waals surface area contributed by atoms with Crippen LogP contribution in [-0.4, -0.2) is 40.2 Å². The van der Waals surface area contributed by atoms with E-state index in [0.717, 1.165) is 6.42 Å². The maximum absolute atomic E-state index is 12.3. The molecule has 0 radical (unpaired) electrons. The highest BCUT2D eigenvalue weighted by Gasteiger charge is 2.39. The lowest BCUT2D eigenvalue weighted by Gasteiger charge is -2.39. The molecule has 0 aliphatic carbocycles. The first kappa shape index (κ1) is 36.3. The zero-order valence-electron chi connectivity index (χ0n) is 26.4. The lowest BCUT2D eigenvalue weighted by atomic mass is 9.97. The summed E-state index contributed by atoms with van der Waals surface area (Å²) in [5, 5.41) is 0.0904. The molecule has 0 saturated carbocycles. The van der Waals surface area contributed by atoms with Gasteiger partial charge in [0.25, 0.3) is 0 Å². The van der Waals surface area contributed by atoms with Gasteiger partial charge >= 0.3 is 5.97 Å². The first-order chi connectivity index (χ1) is 17.3. The van der Waals surface area contributed by atoms with Crippen molar-refractivity contribution in [1.82, 2.24) is 0 Å². The van der Waals surface area contributed by atoms with Crippen LogP contribution < -0.4 is 0 Å². The average molecular weight is 541 g/mol. The van der Waals surface area contributed by atoms with Crippen LogP contribution in [0.3, 0.4) is 0 Å². The van der Waals surface area contributed by atoms with Gasteiger partial charge in [-0.05, 0) is 51.7 Å². The summed E-state index contributed by atoms with van der Waals surface area (Å²) in [6.45, 7) is 20.3. The predicted molar refractivity (Wildman–Crippen MR) is 163 cm³/mol. The molecule has 0 spiro atoms. The summed E-state index contributed by atoms with van der Waals surface area (Å²) in [4.78, 5) is 12.3. The molecule has 0 aliphatic heterocycles. The van der Waals surface area contributed by atoms with Gasteiger partial charge in [0.2, 0.25) is 0 Å². The SMILES string of the molecule is CCCCCCCCCCCCCCC/C=C/COC[C@@H](COC(=O)C(C)(C)C)O[Si](C)(C)C(C)(C)C. The van der Waals surface area contributed by atoms with Crippen LogP contribution in [-0.2, 0) is 18.7 Å². The summed E-state index contributed by atoms with van der Waals surface area (Å²) in [7, 11) is -1.99. The van der Waals surface area contributed by atoms with Crippen LogP contribution in [0.2, 0.25) is 18.1 Å². The minimum atomic E-state index is -1.99. The largest absolute Gasteiger partial charge is 0.462 e. The summed E-state index contributed by atoms with van der Waals surface area (Å²) in [5.74, 6) is -0.200. The van der Waals surface area contributed by atoms with Crippen molar-refractivity contribution >= 4 is 14.3 Å². The molecule has 0 amide bonds. The van der Waals surface area contributed by atoms with Crippen molar-refractivity contribution in [3.05, 3.63) is 12.2 Å². The molecule has 0 aromatic rings. The highest BCUT2D eigenvalue weighted by Crippen LogP contribution is 2.37. The number of rotatable bonds is 22. The Labute approximate surface area is 232 Å². The van der Waals surface area contributed by atoms with E-state index < -0.39 is 13.7 Å². The maximum Gasteiger partial charge on any atom is 0.311 e. The Morgan fingerprint density at radius 2 is 1.22 bits per heavy atom. The number of hydrogen-bond donors (Lipinski definition) is 0. The Hall–Kier alpha value is -0.653.